The number of rotatable bonds is 9. The Balaban J connectivity index is 1.40. The molecule has 38 heavy (non-hydrogen) atoms. The molecule has 1 aliphatic heterocycles. The summed E-state index contributed by atoms with van der Waals surface area (Å²) in [4.78, 5) is 19.9. The van der Waals surface area contributed by atoms with Gasteiger partial charge in [-0.3, -0.25) is 9.78 Å². The number of nitrogens with zero attached hydrogens (tertiary/aromatic N) is 3. The van der Waals surface area contributed by atoms with Crippen molar-refractivity contribution in [3.05, 3.63) is 95.6 Å². The number of hydrogen-bond donors (Lipinski definition) is 2. The lowest BCUT2D eigenvalue weighted by molar-refractivity contribution is -0.116. The van der Waals surface area contributed by atoms with E-state index in [1.54, 1.807) is 13.3 Å². The van der Waals surface area contributed by atoms with Gasteiger partial charge >= 0.3 is 0 Å². The van der Waals surface area contributed by atoms with Crippen molar-refractivity contribution in [1.29, 1.82) is 0 Å². The molecule has 0 spiro atoms. The van der Waals surface area contributed by atoms with E-state index in [-0.39, 0.29) is 18.0 Å². The highest BCUT2D eigenvalue weighted by Gasteiger charge is 2.41. The molecule has 7 nitrogen and oxygen atoms in total. The molecule has 1 amide bonds. The summed E-state index contributed by atoms with van der Waals surface area (Å²) in [5, 5.41) is 9.35. The molecule has 1 aliphatic rings. The molecular formula is C30H33N5O2S. The predicted molar refractivity (Wildman–Crippen MR) is 155 cm³/mol. The third-order valence-corrected chi connectivity index (χ3v) is 7.64. The van der Waals surface area contributed by atoms with Crippen molar-refractivity contribution in [2.24, 2.45) is 0 Å². The molecule has 0 saturated carbocycles. The lowest BCUT2D eigenvalue weighted by Crippen LogP contribution is -2.33. The van der Waals surface area contributed by atoms with Crippen LogP contribution in [0, 0.1) is 13.8 Å². The maximum Gasteiger partial charge on any atom is 0.226 e. The summed E-state index contributed by atoms with van der Waals surface area (Å²) in [5.74, 6) is -0.0465. The first-order valence-corrected chi connectivity index (χ1v) is 13.3. The van der Waals surface area contributed by atoms with Crippen molar-refractivity contribution >= 4 is 39.7 Å². The average molecular weight is 528 g/mol. The van der Waals surface area contributed by atoms with E-state index < -0.39 is 0 Å². The Morgan fingerprint density at radius 3 is 2.66 bits per heavy atom. The highest BCUT2D eigenvalue weighted by atomic mass is 32.1. The number of aromatic nitrogens is 2. The van der Waals surface area contributed by atoms with E-state index in [4.69, 9.17) is 17.0 Å². The van der Waals surface area contributed by atoms with Crippen LogP contribution < -0.4 is 10.6 Å². The Morgan fingerprint density at radius 2 is 1.87 bits per heavy atom. The summed E-state index contributed by atoms with van der Waals surface area (Å²) in [5.41, 5.74) is 5.25. The van der Waals surface area contributed by atoms with Crippen molar-refractivity contribution in [3.63, 3.8) is 0 Å². The lowest BCUT2D eigenvalue weighted by atomic mass is 9.96. The number of carbonyl (C=O) groups is 1. The second-order valence-corrected chi connectivity index (χ2v) is 10.0. The number of thiocarbonyl (C=S) groups is 1. The van der Waals surface area contributed by atoms with Crippen LogP contribution in [-0.2, 0) is 16.1 Å². The van der Waals surface area contributed by atoms with Crippen molar-refractivity contribution in [3.8, 4) is 0 Å². The lowest BCUT2D eigenvalue weighted by Gasteiger charge is -2.28. The SMILES string of the molecule is COCCn1c(C)cc([C@@H]2[C@H](c3ccccn3)NC(=S)N2CCC(=O)Nc2cccc3ccccc23)c1C. The number of ether oxygens (including phenoxy) is 1. The maximum absolute atomic E-state index is 13.1. The van der Waals surface area contributed by atoms with Crippen LogP contribution in [0.3, 0.4) is 0 Å². The molecule has 0 unspecified atom stereocenters. The van der Waals surface area contributed by atoms with Crippen LogP contribution in [0.5, 0.6) is 0 Å². The standard InChI is InChI=1S/C30H33N5O2S/c1-20-19-24(21(2)34(20)17-18-37-3)29-28(26-12-6-7-15-31-26)33-30(38)35(29)16-14-27(36)32-25-13-8-10-22-9-4-5-11-23(22)25/h4-13,15,19,28-29H,14,16-18H2,1-3H3,(H,32,36)(H,33,38)/t28-,29+/m0/s1. The molecule has 5 rings (SSSR count). The molecule has 3 heterocycles. The highest BCUT2D eigenvalue weighted by Crippen LogP contribution is 2.41. The van der Waals surface area contributed by atoms with E-state index in [1.165, 1.54) is 17.0 Å². The van der Waals surface area contributed by atoms with E-state index in [1.807, 2.05) is 60.7 Å². The fraction of sp³-hybridized carbons (Fsp3) is 0.300. The third kappa shape index (κ3) is 5.14. The summed E-state index contributed by atoms with van der Waals surface area (Å²) in [6.45, 7) is 6.16. The Labute approximate surface area is 228 Å². The van der Waals surface area contributed by atoms with E-state index in [0.29, 0.717) is 24.7 Å². The molecule has 2 aromatic carbocycles. The largest absolute Gasteiger partial charge is 0.383 e. The van der Waals surface area contributed by atoms with Crippen LogP contribution in [-0.4, -0.2) is 45.7 Å². The number of benzene rings is 2. The number of amides is 1. The minimum absolute atomic E-state index is 0.0465. The summed E-state index contributed by atoms with van der Waals surface area (Å²) >= 11 is 5.82. The van der Waals surface area contributed by atoms with Crippen LogP contribution >= 0.6 is 12.2 Å². The minimum atomic E-state index is -0.124. The van der Waals surface area contributed by atoms with Gasteiger partial charge in [-0.2, -0.15) is 0 Å². The van der Waals surface area contributed by atoms with Gasteiger partial charge < -0.3 is 24.8 Å². The third-order valence-electron chi connectivity index (χ3n) is 7.29. The second kappa shape index (κ2) is 11.3. The number of methoxy groups -OCH3 is 1. The number of nitrogens with one attached hydrogen (secondary N) is 2. The number of carbonyl (C=O) groups excluding carboxylic acids is 1. The van der Waals surface area contributed by atoms with Gasteiger partial charge in [-0.15, -0.1) is 0 Å². The maximum atomic E-state index is 13.1. The Morgan fingerprint density at radius 1 is 1.08 bits per heavy atom. The van der Waals surface area contributed by atoms with Crippen molar-refractivity contribution in [2.45, 2.75) is 38.9 Å². The van der Waals surface area contributed by atoms with Gasteiger partial charge in [-0.1, -0.05) is 42.5 Å². The summed E-state index contributed by atoms with van der Waals surface area (Å²) < 4.78 is 7.62. The Hall–Kier alpha value is -3.75. The molecule has 1 fully saturated rings. The quantitative estimate of drug-likeness (QED) is 0.288. The number of pyridine rings is 1. The zero-order chi connectivity index (χ0) is 26.6. The Bertz CT molecular complexity index is 1450. The molecular weight excluding hydrogens is 494 g/mol. The van der Waals surface area contributed by atoms with Crippen LogP contribution in [0.1, 0.15) is 41.1 Å². The molecule has 2 atom stereocenters. The molecule has 0 aliphatic carbocycles. The topological polar surface area (TPSA) is 71.4 Å². The van der Waals surface area contributed by atoms with Crippen LogP contribution in [0.4, 0.5) is 5.69 Å². The van der Waals surface area contributed by atoms with Crippen LogP contribution in [0.15, 0.2) is 72.9 Å². The molecule has 2 N–H and O–H groups in total. The smallest absolute Gasteiger partial charge is 0.226 e. The van der Waals surface area contributed by atoms with Crippen molar-refractivity contribution in [1.82, 2.24) is 19.8 Å². The van der Waals surface area contributed by atoms with Gasteiger partial charge in [0.1, 0.15) is 0 Å². The monoisotopic (exact) mass is 527 g/mol. The zero-order valence-corrected chi connectivity index (χ0v) is 22.8. The molecule has 0 bridgehead atoms. The van der Waals surface area contributed by atoms with Gasteiger partial charge in [-0.25, -0.2) is 0 Å². The number of anilines is 1. The van der Waals surface area contributed by atoms with Gasteiger partial charge in [0.15, 0.2) is 5.11 Å². The van der Waals surface area contributed by atoms with E-state index in [2.05, 4.69) is 45.0 Å². The molecule has 4 aromatic rings. The predicted octanol–water partition coefficient (Wildman–Crippen LogP) is 5.30. The van der Waals surface area contributed by atoms with Crippen LogP contribution in [0.25, 0.3) is 10.8 Å². The van der Waals surface area contributed by atoms with Crippen molar-refractivity contribution < 1.29 is 9.53 Å². The van der Waals surface area contributed by atoms with E-state index >= 15 is 0 Å². The highest BCUT2D eigenvalue weighted by molar-refractivity contribution is 7.80. The molecule has 0 radical (unpaired) electrons. The number of aryl methyl sites for hydroxylation is 1. The van der Waals surface area contributed by atoms with E-state index in [0.717, 1.165) is 28.7 Å². The van der Waals surface area contributed by atoms with Gasteiger partial charge in [0.05, 0.1) is 24.4 Å². The number of hydrogen-bond acceptors (Lipinski definition) is 4. The van der Waals surface area contributed by atoms with Gasteiger partial charge in [-0.05, 0) is 61.3 Å². The van der Waals surface area contributed by atoms with Gasteiger partial charge in [0.2, 0.25) is 5.91 Å². The van der Waals surface area contributed by atoms with Gasteiger partial charge in [0, 0.05) is 55.3 Å². The zero-order valence-electron chi connectivity index (χ0n) is 22.0. The fourth-order valence-corrected chi connectivity index (χ4v) is 5.74. The summed E-state index contributed by atoms with van der Waals surface area (Å²) in [6.07, 6.45) is 2.11. The van der Waals surface area contributed by atoms with Crippen molar-refractivity contribution in [2.75, 3.05) is 25.6 Å². The number of fused-ring (bicyclic) bond motifs is 1. The van der Waals surface area contributed by atoms with Crippen LogP contribution in [0.2, 0.25) is 0 Å². The average Bonchev–Trinajstić information content (AvgIpc) is 3.41. The van der Waals surface area contributed by atoms with E-state index in [9.17, 15) is 4.79 Å². The van der Waals surface area contributed by atoms with Gasteiger partial charge in [0.25, 0.3) is 0 Å². The Kier molecular flexibility index (Phi) is 7.72. The molecule has 1 saturated heterocycles. The second-order valence-electron chi connectivity index (χ2n) is 9.62. The molecule has 196 valence electrons. The first kappa shape index (κ1) is 25.9. The minimum Gasteiger partial charge on any atom is -0.383 e. The molecule has 2 aromatic heterocycles. The summed E-state index contributed by atoms with van der Waals surface area (Å²) in [6, 6.07) is 21.9. The first-order valence-electron chi connectivity index (χ1n) is 12.9. The first-order chi connectivity index (χ1) is 18.5. The molecule has 8 heteroatoms. The summed E-state index contributed by atoms with van der Waals surface area (Å²) in [7, 11) is 1.72. The fourth-order valence-electron chi connectivity index (χ4n) is 5.41. The normalized spacial score (nSPS) is 17.1.